The Bertz CT molecular complexity index is 729. The van der Waals surface area contributed by atoms with Crippen LogP contribution in [0.25, 0.3) is 0 Å². The van der Waals surface area contributed by atoms with Crippen molar-refractivity contribution in [3.05, 3.63) is 27.6 Å². The zero-order valence-electron chi connectivity index (χ0n) is 10.00. The van der Waals surface area contributed by atoms with E-state index in [1.807, 2.05) is 0 Å². The van der Waals surface area contributed by atoms with Crippen molar-refractivity contribution in [2.75, 3.05) is 4.72 Å². The van der Waals surface area contributed by atoms with Crippen LogP contribution in [0.1, 0.15) is 20.9 Å². The Kier molecular flexibility index (Phi) is 3.33. The lowest BCUT2D eigenvalue weighted by atomic mass is 10.3. The number of anilines is 1. The van der Waals surface area contributed by atoms with E-state index in [4.69, 9.17) is 9.63 Å². The number of aromatic nitrogens is 1. The number of hydrogen-bond acceptors (Lipinski definition) is 6. The first kappa shape index (κ1) is 13.6. The SMILES string of the molecule is Cc1cc(NS(=O)(=O)c2c(C)csc2C(=O)O)on1. The maximum absolute atomic E-state index is 12.2. The zero-order chi connectivity index (χ0) is 14.2. The lowest BCUT2D eigenvalue weighted by Gasteiger charge is -2.05. The third-order valence-electron chi connectivity index (χ3n) is 2.24. The van der Waals surface area contributed by atoms with Crippen LogP contribution in [-0.2, 0) is 10.0 Å². The van der Waals surface area contributed by atoms with Crippen molar-refractivity contribution in [2.45, 2.75) is 18.7 Å². The van der Waals surface area contributed by atoms with Crippen LogP contribution in [0.3, 0.4) is 0 Å². The molecule has 0 spiro atoms. The first-order valence-electron chi connectivity index (χ1n) is 5.09. The van der Waals surface area contributed by atoms with Gasteiger partial charge < -0.3 is 9.63 Å². The van der Waals surface area contributed by atoms with Crippen LogP contribution >= 0.6 is 11.3 Å². The molecule has 2 aromatic heterocycles. The molecule has 2 aromatic rings. The van der Waals surface area contributed by atoms with E-state index in [0.29, 0.717) is 11.3 Å². The van der Waals surface area contributed by atoms with Crippen LogP contribution in [0.15, 0.2) is 20.9 Å². The first-order chi connectivity index (χ1) is 8.81. The van der Waals surface area contributed by atoms with Crippen molar-refractivity contribution < 1.29 is 22.8 Å². The first-order valence-corrected chi connectivity index (χ1v) is 7.45. The monoisotopic (exact) mass is 302 g/mol. The molecule has 0 radical (unpaired) electrons. The Hall–Kier alpha value is -1.87. The fraction of sp³-hybridized carbons (Fsp3) is 0.200. The number of thiophene rings is 1. The molecule has 9 heteroatoms. The third kappa shape index (κ3) is 2.61. The quantitative estimate of drug-likeness (QED) is 0.892. The summed E-state index contributed by atoms with van der Waals surface area (Å²) >= 11 is 0.862. The Morgan fingerprint density at radius 1 is 1.47 bits per heavy atom. The van der Waals surface area contributed by atoms with Gasteiger partial charge in [0.25, 0.3) is 10.0 Å². The van der Waals surface area contributed by atoms with Gasteiger partial charge in [-0.3, -0.25) is 0 Å². The van der Waals surface area contributed by atoms with E-state index in [1.165, 1.54) is 18.4 Å². The number of nitrogens with one attached hydrogen (secondary N) is 1. The molecule has 102 valence electrons. The summed E-state index contributed by atoms with van der Waals surface area (Å²) < 4.78 is 31.2. The normalized spacial score (nSPS) is 11.5. The Balaban J connectivity index is 2.45. The van der Waals surface area contributed by atoms with Crippen molar-refractivity contribution in [3.8, 4) is 0 Å². The minimum atomic E-state index is -4.02. The molecule has 0 atom stereocenters. The number of carboxylic acid groups (broad SMARTS) is 1. The molecule has 19 heavy (non-hydrogen) atoms. The number of carbonyl (C=O) groups is 1. The van der Waals surface area contributed by atoms with Crippen LogP contribution in [0.5, 0.6) is 0 Å². The van der Waals surface area contributed by atoms with Gasteiger partial charge in [-0.1, -0.05) is 5.16 Å². The summed E-state index contributed by atoms with van der Waals surface area (Å²) in [6.07, 6.45) is 0. The zero-order valence-corrected chi connectivity index (χ0v) is 11.6. The molecule has 0 aromatic carbocycles. The molecule has 0 aliphatic rings. The van der Waals surface area contributed by atoms with Crippen molar-refractivity contribution >= 4 is 33.2 Å². The smallest absolute Gasteiger partial charge is 0.347 e. The van der Waals surface area contributed by atoms with Gasteiger partial charge in [-0.05, 0) is 24.8 Å². The number of hydrogen-bond donors (Lipinski definition) is 2. The van der Waals surface area contributed by atoms with E-state index < -0.39 is 16.0 Å². The van der Waals surface area contributed by atoms with Gasteiger partial charge in [-0.25, -0.2) is 17.9 Å². The molecule has 0 unspecified atom stereocenters. The summed E-state index contributed by atoms with van der Waals surface area (Å²) in [4.78, 5) is 10.5. The molecule has 0 aliphatic heterocycles. The van der Waals surface area contributed by atoms with Crippen molar-refractivity contribution in [1.29, 1.82) is 0 Å². The second-order valence-electron chi connectivity index (χ2n) is 3.82. The predicted molar refractivity (Wildman–Crippen MR) is 68.1 cm³/mol. The number of nitrogens with zero attached hydrogens (tertiary/aromatic N) is 1. The molecule has 2 heterocycles. The van der Waals surface area contributed by atoms with Gasteiger partial charge in [-0.2, -0.15) is 0 Å². The van der Waals surface area contributed by atoms with Gasteiger partial charge in [0, 0.05) is 6.07 Å². The topological polar surface area (TPSA) is 110 Å². The van der Waals surface area contributed by atoms with Crippen LogP contribution in [0, 0.1) is 13.8 Å². The number of aromatic carboxylic acids is 1. The van der Waals surface area contributed by atoms with Crippen molar-refractivity contribution in [3.63, 3.8) is 0 Å². The highest BCUT2D eigenvalue weighted by Gasteiger charge is 2.27. The Morgan fingerprint density at radius 3 is 2.68 bits per heavy atom. The molecule has 7 nitrogen and oxygen atoms in total. The molecule has 0 bridgehead atoms. The summed E-state index contributed by atoms with van der Waals surface area (Å²) in [6, 6.07) is 1.40. The number of carboxylic acids is 1. The van der Waals surface area contributed by atoms with Crippen molar-refractivity contribution in [1.82, 2.24) is 5.16 Å². The minimum Gasteiger partial charge on any atom is -0.477 e. The fourth-order valence-electron chi connectivity index (χ4n) is 1.51. The Morgan fingerprint density at radius 2 is 2.16 bits per heavy atom. The largest absolute Gasteiger partial charge is 0.477 e. The molecule has 0 fully saturated rings. The maximum Gasteiger partial charge on any atom is 0.347 e. The summed E-state index contributed by atoms with van der Waals surface area (Å²) in [7, 11) is -4.02. The van der Waals surface area contributed by atoms with Gasteiger partial charge in [0.2, 0.25) is 5.88 Å². The van der Waals surface area contributed by atoms with E-state index in [2.05, 4.69) is 9.88 Å². The van der Waals surface area contributed by atoms with Crippen molar-refractivity contribution in [2.24, 2.45) is 0 Å². The van der Waals surface area contributed by atoms with Gasteiger partial charge in [0.05, 0.1) is 5.69 Å². The summed E-state index contributed by atoms with van der Waals surface area (Å²) in [5.74, 6) is -1.34. The lowest BCUT2D eigenvalue weighted by molar-refractivity contribution is 0.0698. The average molecular weight is 302 g/mol. The van der Waals surface area contributed by atoms with Crippen LogP contribution < -0.4 is 4.72 Å². The van der Waals surface area contributed by atoms with E-state index in [9.17, 15) is 13.2 Å². The van der Waals surface area contributed by atoms with Crippen LogP contribution in [-0.4, -0.2) is 24.7 Å². The number of rotatable bonds is 4. The van der Waals surface area contributed by atoms with E-state index in [-0.39, 0.29) is 15.7 Å². The Labute approximate surface area is 112 Å². The summed E-state index contributed by atoms with van der Waals surface area (Å²) in [5.41, 5.74) is 0.879. The summed E-state index contributed by atoms with van der Waals surface area (Å²) in [6.45, 7) is 3.17. The second kappa shape index (κ2) is 4.67. The fourth-order valence-corrected chi connectivity index (χ4v) is 4.12. The van der Waals surface area contributed by atoms with Crippen LogP contribution in [0.2, 0.25) is 0 Å². The minimum absolute atomic E-state index is 0.0561. The molecule has 2 N–H and O–H groups in total. The molecule has 0 aliphatic carbocycles. The number of sulfonamides is 1. The molecular formula is C10H10N2O5S2. The molecule has 0 saturated carbocycles. The van der Waals surface area contributed by atoms with Gasteiger partial charge in [-0.15, -0.1) is 11.3 Å². The van der Waals surface area contributed by atoms with Gasteiger partial charge in [0.1, 0.15) is 9.77 Å². The molecule has 0 amide bonds. The van der Waals surface area contributed by atoms with E-state index in [1.54, 1.807) is 6.92 Å². The van der Waals surface area contributed by atoms with E-state index >= 15 is 0 Å². The lowest BCUT2D eigenvalue weighted by Crippen LogP contribution is -2.15. The third-order valence-corrected chi connectivity index (χ3v) is 4.99. The highest BCUT2D eigenvalue weighted by molar-refractivity contribution is 7.93. The standard InChI is InChI=1S/C10H10N2O5S2/c1-5-4-18-8(10(13)14)9(5)19(15,16)12-7-3-6(2)11-17-7/h3-4,12H,1-2H3,(H,13,14). The summed E-state index contributed by atoms with van der Waals surface area (Å²) in [5, 5.41) is 14.0. The van der Waals surface area contributed by atoms with Gasteiger partial charge in [0.15, 0.2) is 0 Å². The molecule has 2 rings (SSSR count). The maximum atomic E-state index is 12.2. The van der Waals surface area contributed by atoms with E-state index in [0.717, 1.165) is 11.3 Å². The second-order valence-corrected chi connectivity index (χ2v) is 6.32. The highest BCUT2D eigenvalue weighted by atomic mass is 32.2. The molecular weight excluding hydrogens is 292 g/mol. The van der Waals surface area contributed by atoms with Gasteiger partial charge >= 0.3 is 5.97 Å². The highest BCUT2D eigenvalue weighted by Crippen LogP contribution is 2.28. The molecule has 0 saturated heterocycles. The average Bonchev–Trinajstić information content (AvgIpc) is 2.84. The van der Waals surface area contributed by atoms with Crippen LogP contribution in [0.4, 0.5) is 5.88 Å². The predicted octanol–water partition coefficient (Wildman–Crippen LogP) is 1.85. The number of aryl methyl sites for hydroxylation is 2.